The topological polar surface area (TPSA) is 80.9 Å². The van der Waals surface area contributed by atoms with E-state index in [0.29, 0.717) is 37.7 Å². The minimum atomic E-state index is -0.0509. The molecule has 1 aromatic heterocycles. The van der Waals surface area contributed by atoms with Gasteiger partial charge in [-0.05, 0) is 24.0 Å². The largest absolute Gasteiger partial charge is 0.443 e. The third-order valence-electron chi connectivity index (χ3n) is 5.03. The van der Waals surface area contributed by atoms with Crippen molar-refractivity contribution in [2.75, 3.05) is 20.3 Å². The van der Waals surface area contributed by atoms with Crippen LogP contribution in [0.5, 0.6) is 0 Å². The van der Waals surface area contributed by atoms with E-state index in [-0.39, 0.29) is 5.41 Å². The van der Waals surface area contributed by atoms with E-state index in [9.17, 15) is 0 Å². The van der Waals surface area contributed by atoms with Crippen LogP contribution in [0.4, 0.5) is 0 Å². The molecule has 0 spiro atoms. The van der Waals surface area contributed by atoms with Crippen LogP contribution < -0.4 is 10.6 Å². The number of nitrogens with one attached hydrogen (secondary N) is 2. The molecule has 30 heavy (non-hydrogen) atoms. The summed E-state index contributed by atoms with van der Waals surface area (Å²) in [5, 5.41) is 6.59. The fourth-order valence-corrected chi connectivity index (χ4v) is 3.19. The monoisotopic (exact) mass is 414 g/mol. The first kappa shape index (κ1) is 22.3. The van der Waals surface area contributed by atoms with E-state index in [2.05, 4.69) is 65.6 Å². The van der Waals surface area contributed by atoms with Gasteiger partial charge in [0, 0.05) is 32.2 Å². The lowest BCUT2D eigenvalue weighted by Gasteiger charge is -2.22. The van der Waals surface area contributed by atoms with Crippen LogP contribution >= 0.6 is 0 Å². The van der Waals surface area contributed by atoms with Crippen LogP contribution in [-0.2, 0) is 34.6 Å². The van der Waals surface area contributed by atoms with Gasteiger partial charge in [0.1, 0.15) is 5.76 Å². The summed E-state index contributed by atoms with van der Waals surface area (Å²) >= 11 is 0. The summed E-state index contributed by atoms with van der Waals surface area (Å²) in [4.78, 5) is 8.63. The second kappa shape index (κ2) is 10.6. The maximum atomic E-state index is 6.03. The van der Waals surface area contributed by atoms with Crippen LogP contribution in [0.2, 0.25) is 0 Å². The maximum absolute atomic E-state index is 6.03. The molecule has 2 N–H and O–H groups in total. The molecule has 0 radical (unpaired) electrons. The zero-order chi connectivity index (χ0) is 21.4. The summed E-state index contributed by atoms with van der Waals surface area (Å²) in [6, 6.07) is 8.44. The average Bonchev–Trinajstić information content (AvgIpc) is 3.23. The van der Waals surface area contributed by atoms with Gasteiger partial charge in [0.25, 0.3) is 0 Å². The Morgan fingerprint density at radius 1 is 1.17 bits per heavy atom. The lowest BCUT2D eigenvalue weighted by atomic mass is 9.94. The number of oxazole rings is 1. The van der Waals surface area contributed by atoms with Gasteiger partial charge in [0.05, 0.1) is 25.5 Å². The van der Waals surface area contributed by atoms with Gasteiger partial charge in [-0.15, -0.1) is 0 Å². The molecule has 0 amide bonds. The van der Waals surface area contributed by atoms with Crippen molar-refractivity contribution >= 4 is 5.96 Å². The number of hydrogen-bond donors (Lipinski definition) is 2. The van der Waals surface area contributed by atoms with Crippen molar-refractivity contribution in [1.82, 2.24) is 15.6 Å². The molecule has 0 saturated carbocycles. The first-order chi connectivity index (χ1) is 14.4. The van der Waals surface area contributed by atoms with Crippen LogP contribution in [0.1, 0.15) is 56.4 Å². The van der Waals surface area contributed by atoms with Crippen LogP contribution in [0.3, 0.4) is 0 Å². The van der Waals surface area contributed by atoms with Gasteiger partial charge >= 0.3 is 0 Å². The van der Waals surface area contributed by atoms with E-state index in [1.165, 1.54) is 11.1 Å². The van der Waals surface area contributed by atoms with Crippen molar-refractivity contribution in [3.8, 4) is 0 Å². The lowest BCUT2D eigenvalue weighted by Crippen LogP contribution is -2.36. The van der Waals surface area contributed by atoms with Gasteiger partial charge < -0.3 is 24.5 Å². The zero-order valence-corrected chi connectivity index (χ0v) is 18.5. The van der Waals surface area contributed by atoms with Crippen LogP contribution in [-0.4, -0.2) is 37.3 Å². The van der Waals surface area contributed by atoms with Gasteiger partial charge in [0.2, 0.25) is 5.89 Å². The van der Waals surface area contributed by atoms with Crippen LogP contribution in [0, 0.1) is 0 Å². The Morgan fingerprint density at radius 3 is 2.60 bits per heavy atom. The Labute approximate surface area is 179 Å². The van der Waals surface area contributed by atoms with E-state index < -0.39 is 0 Å². The number of aliphatic imine (C=N–C) groups is 1. The minimum absolute atomic E-state index is 0.0509. The quantitative estimate of drug-likeness (QED) is 0.533. The molecule has 1 aromatic carbocycles. The molecular formula is C23H34N4O3. The minimum Gasteiger partial charge on any atom is -0.443 e. The maximum Gasteiger partial charge on any atom is 0.213 e. The van der Waals surface area contributed by atoms with E-state index in [1.54, 1.807) is 13.2 Å². The third kappa shape index (κ3) is 6.85. The second-order valence-electron chi connectivity index (χ2n) is 8.59. The van der Waals surface area contributed by atoms with E-state index >= 15 is 0 Å². The van der Waals surface area contributed by atoms with Gasteiger partial charge in [-0.25, -0.2) is 4.98 Å². The summed E-state index contributed by atoms with van der Waals surface area (Å²) in [6.07, 6.45) is 4.05. The number of benzene rings is 1. The Bertz CT molecular complexity index is 820. The molecule has 0 unspecified atom stereocenters. The van der Waals surface area contributed by atoms with E-state index in [1.807, 2.05) is 0 Å². The highest BCUT2D eigenvalue weighted by Gasteiger charge is 2.19. The van der Waals surface area contributed by atoms with E-state index in [4.69, 9.17) is 13.9 Å². The molecular weight excluding hydrogens is 380 g/mol. The number of aromatic nitrogens is 1. The molecule has 1 fully saturated rings. The molecule has 0 atom stereocenters. The zero-order valence-electron chi connectivity index (χ0n) is 18.5. The Morgan fingerprint density at radius 2 is 1.90 bits per heavy atom. The molecule has 7 heteroatoms. The molecule has 0 aliphatic carbocycles. The molecule has 1 aliphatic rings. The van der Waals surface area contributed by atoms with Crippen LogP contribution in [0.15, 0.2) is 39.9 Å². The molecule has 3 rings (SSSR count). The van der Waals surface area contributed by atoms with Gasteiger partial charge in [-0.2, -0.15) is 0 Å². The molecule has 1 saturated heterocycles. The summed E-state index contributed by atoms with van der Waals surface area (Å²) in [5.41, 5.74) is 2.31. The summed E-state index contributed by atoms with van der Waals surface area (Å²) < 4.78 is 17.2. The van der Waals surface area contributed by atoms with Gasteiger partial charge in [-0.1, -0.05) is 45.0 Å². The van der Waals surface area contributed by atoms with Crippen molar-refractivity contribution in [3.63, 3.8) is 0 Å². The summed E-state index contributed by atoms with van der Waals surface area (Å²) in [7, 11) is 1.75. The first-order valence-corrected chi connectivity index (χ1v) is 10.6. The molecule has 2 aromatic rings. The molecule has 0 bridgehead atoms. The number of guanidine groups is 1. The number of hydrogen-bond acceptors (Lipinski definition) is 5. The number of rotatable bonds is 7. The average molecular weight is 415 g/mol. The smallest absolute Gasteiger partial charge is 0.213 e. The number of ether oxygens (including phenoxy) is 2. The highest BCUT2D eigenvalue weighted by molar-refractivity contribution is 5.79. The van der Waals surface area contributed by atoms with Crippen molar-refractivity contribution in [2.45, 2.75) is 64.8 Å². The fourth-order valence-electron chi connectivity index (χ4n) is 3.19. The normalized spacial score (nSPS) is 15.9. The molecule has 164 valence electrons. The first-order valence-electron chi connectivity index (χ1n) is 10.6. The molecule has 7 nitrogen and oxygen atoms in total. The molecule has 2 heterocycles. The Hall–Kier alpha value is -2.38. The van der Waals surface area contributed by atoms with E-state index in [0.717, 1.165) is 31.8 Å². The number of nitrogens with zero attached hydrogens (tertiary/aromatic N) is 2. The second-order valence-corrected chi connectivity index (χ2v) is 8.59. The lowest BCUT2D eigenvalue weighted by molar-refractivity contribution is -0.0390. The Balaban J connectivity index is 1.45. The fraction of sp³-hybridized carbons (Fsp3) is 0.565. The molecule has 1 aliphatic heterocycles. The highest BCUT2D eigenvalue weighted by Crippen LogP contribution is 2.22. The van der Waals surface area contributed by atoms with Crippen LogP contribution in [0.25, 0.3) is 0 Å². The van der Waals surface area contributed by atoms with Crippen molar-refractivity contribution in [3.05, 3.63) is 53.2 Å². The SMILES string of the molecule is CN=C(NCc1cccc(COC2CCOCC2)c1)NCc1ncc(C(C)(C)C)o1. The third-order valence-corrected chi connectivity index (χ3v) is 5.03. The predicted octanol–water partition coefficient (Wildman–Crippen LogP) is 3.53. The summed E-state index contributed by atoms with van der Waals surface area (Å²) in [5.74, 6) is 2.23. The standard InChI is InChI=1S/C23H34N4O3/c1-23(2,3)20-14-25-21(30-20)15-27-22(24-4)26-13-17-6-5-7-18(12-17)16-29-19-8-10-28-11-9-19/h5-7,12,14,19H,8-11,13,15-16H2,1-4H3,(H2,24,26,27). The summed E-state index contributed by atoms with van der Waals surface area (Å²) in [6.45, 7) is 9.69. The Kier molecular flexibility index (Phi) is 7.87. The van der Waals surface area contributed by atoms with Crippen molar-refractivity contribution < 1.29 is 13.9 Å². The van der Waals surface area contributed by atoms with Gasteiger partial charge in [-0.3, -0.25) is 4.99 Å². The van der Waals surface area contributed by atoms with Gasteiger partial charge in [0.15, 0.2) is 5.96 Å². The van der Waals surface area contributed by atoms with Crippen molar-refractivity contribution in [2.24, 2.45) is 4.99 Å². The predicted molar refractivity (Wildman–Crippen MR) is 117 cm³/mol. The highest BCUT2D eigenvalue weighted by atomic mass is 16.5. The van der Waals surface area contributed by atoms with Crippen molar-refractivity contribution in [1.29, 1.82) is 0 Å².